The lowest BCUT2D eigenvalue weighted by atomic mass is 10.1. The van der Waals surface area contributed by atoms with Gasteiger partial charge in [-0.3, -0.25) is 4.79 Å². The number of rotatable bonds is 5. The molecule has 0 bridgehead atoms. The van der Waals surface area contributed by atoms with Crippen molar-refractivity contribution in [2.45, 2.75) is 6.04 Å². The van der Waals surface area contributed by atoms with Gasteiger partial charge in [0.25, 0.3) is 0 Å². The van der Waals surface area contributed by atoms with Crippen LogP contribution in [0.25, 0.3) is 6.08 Å². The fraction of sp³-hybridized carbons (Fsp3) is 0.118. The maximum atomic E-state index is 11.9. The first kappa shape index (κ1) is 14.8. The first-order valence-electron chi connectivity index (χ1n) is 6.62. The third-order valence-electron chi connectivity index (χ3n) is 3.02. The Bertz CT molecular complexity index is 606. The summed E-state index contributed by atoms with van der Waals surface area (Å²) in [4.78, 5) is 11.9. The Morgan fingerprint density at radius 3 is 2.38 bits per heavy atom. The van der Waals surface area contributed by atoms with Crippen LogP contribution in [0.15, 0.2) is 60.7 Å². The first-order valence-corrected chi connectivity index (χ1v) is 6.62. The SMILES string of the molecule is O=C(/C=C/c1ccc(O)cc1)N[C@H](CO)c1ccccc1. The molecule has 4 nitrogen and oxygen atoms in total. The molecule has 0 aromatic heterocycles. The van der Waals surface area contributed by atoms with Crippen molar-refractivity contribution in [3.63, 3.8) is 0 Å². The van der Waals surface area contributed by atoms with E-state index in [1.807, 2.05) is 30.3 Å². The molecule has 0 aliphatic carbocycles. The molecule has 0 aliphatic rings. The molecule has 0 unspecified atom stereocenters. The Morgan fingerprint density at radius 2 is 1.76 bits per heavy atom. The summed E-state index contributed by atoms with van der Waals surface area (Å²) in [6.07, 6.45) is 3.05. The van der Waals surface area contributed by atoms with Crippen LogP contribution in [0.2, 0.25) is 0 Å². The predicted octanol–water partition coefficient (Wildman–Crippen LogP) is 2.26. The fourth-order valence-electron chi connectivity index (χ4n) is 1.90. The highest BCUT2D eigenvalue weighted by Crippen LogP contribution is 2.12. The summed E-state index contributed by atoms with van der Waals surface area (Å²) >= 11 is 0. The average molecular weight is 283 g/mol. The molecule has 4 heteroatoms. The molecule has 108 valence electrons. The molecule has 0 heterocycles. The lowest BCUT2D eigenvalue weighted by molar-refractivity contribution is -0.117. The molecule has 0 saturated carbocycles. The molecule has 0 radical (unpaired) electrons. The largest absolute Gasteiger partial charge is 0.508 e. The molecule has 1 amide bonds. The van der Waals surface area contributed by atoms with Gasteiger partial charge in [0.05, 0.1) is 12.6 Å². The molecular formula is C17H17NO3. The van der Waals surface area contributed by atoms with Gasteiger partial charge in [0.1, 0.15) is 5.75 Å². The van der Waals surface area contributed by atoms with E-state index in [1.165, 1.54) is 6.08 Å². The summed E-state index contributed by atoms with van der Waals surface area (Å²) in [5.74, 6) is -0.105. The van der Waals surface area contributed by atoms with Crippen LogP contribution in [0.3, 0.4) is 0 Å². The third-order valence-corrected chi connectivity index (χ3v) is 3.02. The van der Waals surface area contributed by atoms with Crippen molar-refractivity contribution in [1.82, 2.24) is 5.32 Å². The smallest absolute Gasteiger partial charge is 0.244 e. The number of benzene rings is 2. The Labute approximate surface area is 123 Å². The van der Waals surface area contributed by atoms with E-state index in [1.54, 1.807) is 30.3 Å². The van der Waals surface area contributed by atoms with Crippen LogP contribution in [-0.2, 0) is 4.79 Å². The number of carbonyl (C=O) groups excluding carboxylic acids is 1. The minimum Gasteiger partial charge on any atom is -0.508 e. The van der Waals surface area contributed by atoms with Crippen LogP contribution >= 0.6 is 0 Å². The molecule has 2 aromatic rings. The second kappa shape index (κ2) is 7.26. The molecule has 1 atom stereocenters. The number of carbonyl (C=O) groups is 1. The summed E-state index contributed by atoms with van der Waals surface area (Å²) in [6.45, 7) is -0.164. The van der Waals surface area contributed by atoms with E-state index in [9.17, 15) is 15.0 Å². The van der Waals surface area contributed by atoms with Crippen molar-refractivity contribution in [2.75, 3.05) is 6.61 Å². The molecule has 2 aromatic carbocycles. The van der Waals surface area contributed by atoms with E-state index >= 15 is 0 Å². The number of phenolic OH excluding ortho intramolecular Hbond substituents is 1. The van der Waals surface area contributed by atoms with Gasteiger partial charge in [0, 0.05) is 6.08 Å². The molecule has 0 saturated heterocycles. The Balaban J connectivity index is 1.98. The normalized spacial score (nSPS) is 12.2. The van der Waals surface area contributed by atoms with E-state index < -0.39 is 6.04 Å². The van der Waals surface area contributed by atoms with Gasteiger partial charge < -0.3 is 15.5 Å². The van der Waals surface area contributed by atoms with E-state index in [2.05, 4.69) is 5.32 Å². The van der Waals surface area contributed by atoms with Crippen LogP contribution in [0.4, 0.5) is 0 Å². The van der Waals surface area contributed by atoms with Crippen molar-refractivity contribution in [1.29, 1.82) is 0 Å². The molecule has 0 fully saturated rings. The standard InChI is InChI=1S/C17H17NO3/c19-12-16(14-4-2-1-3-5-14)18-17(21)11-8-13-6-9-15(20)10-7-13/h1-11,16,19-20H,12H2,(H,18,21)/b11-8+/t16-/m1/s1. The van der Waals surface area contributed by atoms with Crippen molar-refractivity contribution in [3.8, 4) is 5.75 Å². The van der Waals surface area contributed by atoms with Gasteiger partial charge in [0.2, 0.25) is 5.91 Å². The van der Waals surface area contributed by atoms with Gasteiger partial charge in [-0.1, -0.05) is 42.5 Å². The molecule has 2 rings (SSSR count). The molecule has 21 heavy (non-hydrogen) atoms. The highest BCUT2D eigenvalue weighted by atomic mass is 16.3. The predicted molar refractivity (Wildman–Crippen MR) is 81.6 cm³/mol. The number of aliphatic hydroxyl groups is 1. The van der Waals surface area contributed by atoms with Gasteiger partial charge in [0.15, 0.2) is 0 Å². The number of nitrogens with one attached hydrogen (secondary N) is 1. The highest BCUT2D eigenvalue weighted by Gasteiger charge is 2.11. The topological polar surface area (TPSA) is 69.6 Å². The van der Waals surface area contributed by atoms with Crippen LogP contribution < -0.4 is 5.32 Å². The third kappa shape index (κ3) is 4.47. The van der Waals surface area contributed by atoms with Gasteiger partial charge in [-0.25, -0.2) is 0 Å². The second-order valence-electron chi connectivity index (χ2n) is 4.58. The Kier molecular flexibility index (Phi) is 5.12. The van der Waals surface area contributed by atoms with E-state index in [-0.39, 0.29) is 18.3 Å². The van der Waals surface area contributed by atoms with Gasteiger partial charge in [-0.15, -0.1) is 0 Å². The van der Waals surface area contributed by atoms with Crippen molar-refractivity contribution >= 4 is 12.0 Å². The molecule has 0 aliphatic heterocycles. The number of amides is 1. The number of phenols is 1. The lowest BCUT2D eigenvalue weighted by Crippen LogP contribution is -2.29. The average Bonchev–Trinajstić information content (AvgIpc) is 2.53. The van der Waals surface area contributed by atoms with Crippen LogP contribution in [0, 0.1) is 0 Å². The number of aliphatic hydroxyl groups excluding tert-OH is 1. The zero-order valence-electron chi connectivity index (χ0n) is 11.4. The molecule has 3 N–H and O–H groups in total. The van der Waals surface area contributed by atoms with Gasteiger partial charge in [-0.2, -0.15) is 0 Å². The summed E-state index contributed by atoms with van der Waals surface area (Å²) in [6, 6.07) is 15.4. The summed E-state index contributed by atoms with van der Waals surface area (Å²) < 4.78 is 0. The minimum atomic E-state index is -0.428. The quantitative estimate of drug-likeness (QED) is 0.737. The summed E-state index contributed by atoms with van der Waals surface area (Å²) in [5.41, 5.74) is 1.66. The van der Waals surface area contributed by atoms with E-state index in [4.69, 9.17) is 0 Å². The van der Waals surface area contributed by atoms with Crippen LogP contribution in [0.5, 0.6) is 5.75 Å². The van der Waals surface area contributed by atoms with Gasteiger partial charge in [-0.05, 0) is 29.3 Å². The van der Waals surface area contributed by atoms with Crippen LogP contribution in [-0.4, -0.2) is 22.7 Å². The Morgan fingerprint density at radius 1 is 1.10 bits per heavy atom. The zero-order valence-corrected chi connectivity index (χ0v) is 11.4. The maximum Gasteiger partial charge on any atom is 0.244 e. The van der Waals surface area contributed by atoms with E-state index in [0.717, 1.165) is 11.1 Å². The number of hydrogen-bond donors (Lipinski definition) is 3. The summed E-state index contributed by atoms with van der Waals surface area (Å²) in [7, 11) is 0. The highest BCUT2D eigenvalue weighted by molar-refractivity contribution is 5.92. The second-order valence-corrected chi connectivity index (χ2v) is 4.58. The zero-order chi connectivity index (χ0) is 15.1. The Hall–Kier alpha value is -2.59. The van der Waals surface area contributed by atoms with Gasteiger partial charge >= 0.3 is 0 Å². The molecule has 0 spiro atoms. The summed E-state index contributed by atoms with van der Waals surface area (Å²) in [5, 5.41) is 21.3. The monoisotopic (exact) mass is 283 g/mol. The first-order chi connectivity index (χ1) is 10.2. The number of hydrogen-bond acceptors (Lipinski definition) is 3. The lowest BCUT2D eigenvalue weighted by Gasteiger charge is -2.15. The van der Waals surface area contributed by atoms with Crippen molar-refractivity contribution in [2.24, 2.45) is 0 Å². The van der Waals surface area contributed by atoms with Crippen molar-refractivity contribution in [3.05, 3.63) is 71.8 Å². The molecular weight excluding hydrogens is 266 g/mol. The maximum absolute atomic E-state index is 11.9. The van der Waals surface area contributed by atoms with E-state index in [0.29, 0.717) is 0 Å². The van der Waals surface area contributed by atoms with Crippen LogP contribution in [0.1, 0.15) is 17.2 Å². The minimum absolute atomic E-state index is 0.164. The fourth-order valence-corrected chi connectivity index (χ4v) is 1.90. The van der Waals surface area contributed by atoms with Crippen molar-refractivity contribution < 1.29 is 15.0 Å². The number of aromatic hydroxyl groups is 1.